The van der Waals surface area contributed by atoms with Crippen molar-refractivity contribution in [2.75, 3.05) is 0 Å². The Morgan fingerprint density at radius 1 is 0.962 bits per heavy atom. The molecule has 0 fully saturated rings. The van der Waals surface area contributed by atoms with E-state index in [1.165, 1.54) is 22.5 Å². The molecule has 0 saturated heterocycles. The Morgan fingerprint density at radius 3 is 2.42 bits per heavy atom. The number of aryl methyl sites for hydroxylation is 3. The summed E-state index contributed by atoms with van der Waals surface area (Å²) in [5, 5.41) is 0. The number of benzene rings is 2. The van der Waals surface area contributed by atoms with Gasteiger partial charge in [0.25, 0.3) is 0 Å². The maximum Gasteiger partial charge on any atom is 0.159 e. The monoisotopic (exact) mass is 344 g/mol. The van der Waals surface area contributed by atoms with Crippen LogP contribution in [0.2, 0.25) is 0 Å². The van der Waals surface area contributed by atoms with E-state index in [4.69, 9.17) is 0 Å². The zero-order chi connectivity index (χ0) is 18.8. The number of Topliss-reactive ketones (excluding diaryl/α,β-unsaturated/α-hetero) is 1. The number of aliphatic imine (C=N–C) groups is 1. The molecule has 0 aliphatic heterocycles. The fraction of sp³-hybridized carbons (Fsp3) is 0.217. The van der Waals surface area contributed by atoms with Gasteiger partial charge in [0, 0.05) is 34.4 Å². The molecule has 0 amide bonds. The molecular weight excluding hydrogens is 320 g/mol. The van der Waals surface area contributed by atoms with Crippen molar-refractivity contribution in [1.82, 2.24) is 4.57 Å². The van der Waals surface area contributed by atoms with Gasteiger partial charge in [-0.15, -0.1) is 0 Å². The minimum Gasteiger partial charge on any atom is -0.318 e. The van der Waals surface area contributed by atoms with Crippen LogP contribution >= 0.6 is 0 Å². The number of hydrogen-bond acceptors (Lipinski definition) is 2. The van der Waals surface area contributed by atoms with E-state index >= 15 is 0 Å². The lowest BCUT2D eigenvalue weighted by Crippen LogP contribution is -2.00. The summed E-state index contributed by atoms with van der Waals surface area (Å²) < 4.78 is 2.25. The lowest BCUT2D eigenvalue weighted by molar-refractivity contribution is 0.101. The second kappa shape index (κ2) is 7.12. The van der Waals surface area contributed by atoms with Crippen LogP contribution in [-0.4, -0.2) is 16.6 Å². The number of ketones is 1. The summed E-state index contributed by atoms with van der Waals surface area (Å²) in [4.78, 5) is 16.1. The van der Waals surface area contributed by atoms with Crippen LogP contribution in [0, 0.1) is 27.7 Å². The quantitative estimate of drug-likeness (QED) is 0.444. The number of carbonyl (C=O) groups excluding carboxylic acids is 1. The molecular formula is C23H24N2O. The van der Waals surface area contributed by atoms with Gasteiger partial charge >= 0.3 is 0 Å². The zero-order valence-electron chi connectivity index (χ0n) is 16.0. The molecule has 0 saturated carbocycles. The largest absolute Gasteiger partial charge is 0.318 e. The first-order valence-electron chi connectivity index (χ1n) is 8.78. The molecule has 0 radical (unpaired) electrons. The van der Waals surface area contributed by atoms with Crippen molar-refractivity contribution in [2.24, 2.45) is 4.99 Å². The molecule has 3 rings (SSSR count). The maximum atomic E-state index is 11.5. The number of aromatic nitrogens is 1. The average Bonchev–Trinajstić information content (AvgIpc) is 2.89. The van der Waals surface area contributed by atoms with E-state index in [0.29, 0.717) is 5.56 Å². The molecule has 1 heterocycles. The highest BCUT2D eigenvalue weighted by Crippen LogP contribution is 2.23. The van der Waals surface area contributed by atoms with Gasteiger partial charge in [0.1, 0.15) is 0 Å². The summed E-state index contributed by atoms with van der Waals surface area (Å²) in [6.07, 6.45) is 1.87. The predicted octanol–water partition coefficient (Wildman–Crippen LogP) is 5.66. The third-order valence-corrected chi connectivity index (χ3v) is 4.82. The van der Waals surface area contributed by atoms with Gasteiger partial charge in [0.05, 0.1) is 5.69 Å². The number of carbonyl (C=O) groups is 1. The Balaban J connectivity index is 1.96. The number of rotatable bonds is 4. The van der Waals surface area contributed by atoms with E-state index in [9.17, 15) is 4.79 Å². The topological polar surface area (TPSA) is 34.4 Å². The van der Waals surface area contributed by atoms with Crippen LogP contribution in [0.25, 0.3) is 5.69 Å². The van der Waals surface area contributed by atoms with E-state index < -0.39 is 0 Å². The number of nitrogens with zero attached hydrogens (tertiary/aromatic N) is 2. The Kier molecular flexibility index (Phi) is 4.90. The Hall–Kier alpha value is -2.94. The molecule has 0 unspecified atom stereocenters. The van der Waals surface area contributed by atoms with Crippen LogP contribution in [0.15, 0.2) is 53.5 Å². The van der Waals surface area contributed by atoms with E-state index in [-0.39, 0.29) is 5.78 Å². The average molecular weight is 344 g/mol. The highest BCUT2D eigenvalue weighted by Gasteiger charge is 2.10. The molecule has 0 spiro atoms. The summed E-state index contributed by atoms with van der Waals surface area (Å²) in [5.41, 5.74) is 8.61. The second-order valence-corrected chi connectivity index (χ2v) is 6.80. The fourth-order valence-corrected chi connectivity index (χ4v) is 3.13. The van der Waals surface area contributed by atoms with Gasteiger partial charge in [0.2, 0.25) is 0 Å². The zero-order valence-corrected chi connectivity index (χ0v) is 16.0. The SMILES string of the molecule is CC(=O)c1cccc(N=Cc2cc(C)n(-c3ccc(C)c(C)c3)c2C)c1. The highest BCUT2D eigenvalue weighted by molar-refractivity contribution is 5.95. The normalized spacial score (nSPS) is 11.3. The molecule has 0 atom stereocenters. The highest BCUT2D eigenvalue weighted by atomic mass is 16.1. The summed E-state index contributed by atoms with van der Waals surface area (Å²) in [5.74, 6) is 0.0509. The Morgan fingerprint density at radius 2 is 1.73 bits per heavy atom. The van der Waals surface area contributed by atoms with E-state index in [1.54, 1.807) is 6.92 Å². The second-order valence-electron chi connectivity index (χ2n) is 6.80. The Bertz CT molecular complexity index is 1010. The van der Waals surface area contributed by atoms with Gasteiger partial charge < -0.3 is 4.57 Å². The first kappa shape index (κ1) is 17.9. The standard InChI is InChI=1S/C23H24N2O/c1-15-9-10-23(11-16(15)2)25-17(3)12-21(18(25)4)14-24-22-8-6-7-20(13-22)19(5)26/h6-14H,1-5H3. The van der Waals surface area contributed by atoms with Crippen molar-refractivity contribution in [3.05, 3.63) is 82.2 Å². The maximum absolute atomic E-state index is 11.5. The van der Waals surface area contributed by atoms with Crippen molar-refractivity contribution in [3.8, 4) is 5.69 Å². The molecule has 0 N–H and O–H groups in total. The lowest BCUT2D eigenvalue weighted by Gasteiger charge is -2.11. The molecule has 26 heavy (non-hydrogen) atoms. The van der Waals surface area contributed by atoms with Crippen molar-refractivity contribution >= 4 is 17.7 Å². The van der Waals surface area contributed by atoms with Crippen LogP contribution < -0.4 is 0 Å². The molecule has 2 aromatic carbocycles. The van der Waals surface area contributed by atoms with Crippen LogP contribution in [0.1, 0.15) is 45.4 Å². The molecule has 3 nitrogen and oxygen atoms in total. The van der Waals surface area contributed by atoms with Crippen LogP contribution in [0.4, 0.5) is 5.69 Å². The summed E-state index contributed by atoms with van der Waals surface area (Å²) >= 11 is 0. The Labute approximate surface area is 155 Å². The van der Waals surface area contributed by atoms with E-state index in [1.807, 2.05) is 30.5 Å². The van der Waals surface area contributed by atoms with E-state index in [2.05, 4.69) is 61.5 Å². The first-order valence-corrected chi connectivity index (χ1v) is 8.78. The molecule has 3 aromatic rings. The molecule has 0 bridgehead atoms. The lowest BCUT2D eigenvalue weighted by atomic mass is 10.1. The van der Waals surface area contributed by atoms with Crippen molar-refractivity contribution in [2.45, 2.75) is 34.6 Å². The smallest absolute Gasteiger partial charge is 0.159 e. The summed E-state index contributed by atoms with van der Waals surface area (Å²) in [6, 6.07) is 16.1. The molecule has 3 heteroatoms. The predicted molar refractivity (Wildman–Crippen MR) is 108 cm³/mol. The van der Waals surface area contributed by atoms with Crippen LogP contribution in [-0.2, 0) is 0 Å². The molecule has 1 aromatic heterocycles. The minimum absolute atomic E-state index is 0.0509. The van der Waals surface area contributed by atoms with Gasteiger partial charge in [0.15, 0.2) is 5.78 Å². The third kappa shape index (κ3) is 3.52. The van der Waals surface area contributed by atoms with Crippen LogP contribution in [0.5, 0.6) is 0 Å². The molecule has 0 aliphatic rings. The van der Waals surface area contributed by atoms with E-state index in [0.717, 1.165) is 16.9 Å². The van der Waals surface area contributed by atoms with Gasteiger partial charge in [-0.2, -0.15) is 0 Å². The summed E-state index contributed by atoms with van der Waals surface area (Å²) in [7, 11) is 0. The number of hydrogen-bond donors (Lipinski definition) is 0. The van der Waals surface area contributed by atoms with Crippen molar-refractivity contribution in [3.63, 3.8) is 0 Å². The third-order valence-electron chi connectivity index (χ3n) is 4.82. The van der Waals surface area contributed by atoms with Crippen molar-refractivity contribution in [1.29, 1.82) is 0 Å². The van der Waals surface area contributed by atoms with Gasteiger partial charge in [-0.1, -0.05) is 18.2 Å². The van der Waals surface area contributed by atoms with Gasteiger partial charge in [-0.25, -0.2) is 0 Å². The van der Waals surface area contributed by atoms with Crippen molar-refractivity contribution < 1.29 is 4.79 Å². The molecule has 132 valence electrons. The minimum atomic E-state index is 0.0509. The fourth-order valence-electron chi connectivity index (χ4n) is 3.13. The van der Waals surface area contributed by atoms with Crippen LogP contribution in [0.3, 0.4) is 0 Å². The first-order chi connectivity index (χ1) is 12.4. The molecule has 0 aliphatic carbocycles. The van der Waals surface area contributed by atoms with Gasteiger partial charge in [-0.05, 0) is 76.1 Å². The van der Waals surface area contributed by atoms with Gasteiger partial charge in [-0.3, -0.25) is 9.79 Å². The summed E-state index contributed by atoms with van der Waals surface area (Å²) in [6.45, 7) is 10.0.